The topological polar surface area (TPSA) is 75.5 Å². The molecule has 0 aliphatic carbocycles. The molecule has 0 unspecified atom stereocenters. The molecule has 1 N–H and O–H groups in total. The zero-order chi connectivity index (χ0) is 19.7. The van der Waals surface area contributed by atoms with Gasteiger partial charge < -0.3 is 10.2 Å². The van der Waals surface area contributed by atoms with Gasteiger partial charge in [-0.15, -0.1) is 0 Å². The number of halogens is 1. The molecule has 6 nitrogen and oxygen atoms in total. The van der Waals surface area contributed by atoms with Crippen molar-refractivity contribution in [1.82, 2.24) is 4.90 Å². The van der Waals surface area contributed by atoms with Crippen molar-refractivity contribution in [2.75, 3.05) is 5.32 Å². The predicted octanol–water partition coefficient (Wildman–Crippen LogP) is 5.01. The molecular formula is C21H16ClN3O3. The largest absolute Gasteiger partial charge is 0.361 e. The molecule has 1 heterocycles. The number of carbonyl (C=O) groups excluding carboxylic acids is 1. The maximum absolute atomic E-state index is 13.2. The predicted molar refractivity (Wildman–Crippen MR) is 107 cm³/mol. The molecule has 0 saturated heterocycles. The van der Waals surface area contributed by atoms with Crippen LogP contribution in [0.25, 0.3) is 0 Å². The Hall–Kier alpha value is -3.38. The van der Waals surface area contributed by atoms with Crippen LogP contribution in [-0.2, 0) is 6.54 Å². The van der Waals surface area contributed by atoms with Crippen molar-refractivity contribution in [3.8, 4) is 0 Å². The Morgan fingerprint density at radius 2 is 1.75 bits per heavy atom. The highest BCUT2D eigenvalue weighted by Gasteiger charge is 2.33. The quantitative estimate of drug-likeness (QED) is 0.499. The molecule has 0 spiro atoms. The van der Waals surface area contributed by atoms with E-state index >= 15 is 0 Å². The number of nitro groups is 1. The average molecular weight is 394 g/mol. The SMILES string of the molecule is O=C1c2ccccc2N[C@@H](c2ccc(Cl)c([N+](=O)[O-])c2)N1Cc1ccccc1. The number of para-hydroxylation sites is 1. The highest BCUT2D eigenvalue weighted by molar-refractivity contribution is 6.32. The number of benzene rings is 3. The first-order valence-corrected chi connectivity index (χ1v) is 9.06. The molecule has 7 heteroatoms. The van der Waals surface area contributed by atoms with Crippen LogP contribution < -0.4 is 5.32 Å². The Morgan fingerprint density at radius 1 is 1.04 bits per heavy atom. The van der Waals surface area contributed by atoms with Crippen molar-refractivity contribution in [2.45, 2.75) is 12.7 Å². The van der Waals surface area contributed by atoms with Crippen LogP contribution in [0.15, 0.2) is 72.8 Å². The van der Waals surface area contributed by atoms with Gasteiger partial charge >= 0.3 is 0 Å². The Morgan fingerprint density at radius 3 is 2.50 bits per heavy atom. The first-order valence-electron chi connectivity index (χ1n) is 8.69. The summed E-state index contributed by atoms with van der Waals surface area (Å²) in [4.78, 5) is 25.7. The molecule has 4 rings (SSSR count). The third kappa shape index (κ3) is 3.30. The lowest BCUT2D eigenvalue weighted by atomic mass is 10.0. The number of nitro benzene ring substituents is 1. The Labute approximate surface area is 166 Å². The Kier molecular flexibility index (Phi) is 4.71. The van der Waals surface area contributed by atoms with E-state index in [1.807, 2.05) is 48.5 Å². The first-order chi connectivity index (χ1) is 13.5. The summed E-state index contributed by atoms with van der Waals surface area (Å²) in [5, 5.41) is 14.7. The summed E-state index contributed by atoms with van der Waals surface area (Å²) in [6.45, 7) is 0.363. The van der Waals surface area contributed by atoms with Crippen LogP contribution in [0.5, 0.6) is 0 Å². The van der Waals surface area contributed by atoms with E-state index in [0.717, 1.165) is 5.56 Å². The van der Waals surface area contributed by atoms with Gasteiger partial charge in [0.15, 0.2) is 0 Å². The fourth-order valence-corrected chi connectivity index (χ4v) is 3.53. The van der Waals surface area contributed by atoms with Crippen LogP contribution in [0.2, 0.25) is 5.02 Å². The lowest BCUT2D eigenvalue weighted by molar-refractivity contribution is -0.384. The van der Waals surface area contributed by atoms with E-state index in [1.165, 1.54) is 12.1 Å². The van der Waals surface area contributed by atoms with Gasteiger partial charge in [-0.05, 0) is 23.8 Å². The number of anilines is 1. The molecule has 0 fully saturated rings. The lowest BCUT2D eigenvalue weighted by Gasteiger charge is -2.38. The number of hydrogen-bond acceptors (Lipinski definition) is 4. The minimum atomic E-state index is -0.557. The van der Waals surface area contributed by atoms with Crippen LogP contribution in [0.4, 0.5) is 11.4 Å². The van der Waals surface area contributed by atoms with Crippen LogP contribution in [0.3, 0.4) is 0 Å². The molecule has 1 atom stereocenters. The molecule has 0 radical (unpaired) electrons. The van der Waals surface area contributed by atoms with Crippen molar-refractivity contribution in [2.24, 2.45) is 0 Å². The number of hydrogen-bond donors (Lipinski definition) is 1. The zero-order valence-electron chi connectivity index (χ0n) is 14.7. The van der Waals surface area contributed by atoms with E-state index in [1.54, 1.807) is 17.0 Å². The van der Waals surface area contributed by atoms with Crippen LogP contribution in [-0.4, -0.2) is 15.7 Å². The zero-order valence-corrected chi connectivity index (χ0v) is 15.5. The second-order valence-corrected chi connectivity index (χ2v) is 6.89. The van der Waals surface area contributed by atoms with Crippen molar-refractivity contribution in [1.29, 1.82) is 0 Å². The minimum absolute atomic E-state index is 0.0610. The van der Waals surface area contributed by atoms with Gasteiger partial charge in [-0.1, -0.05) is 60.1 Å². The average Bonchev–Trinajstić information content (AvgIpc) is 2.71. The summed E-state index contributed by atoms with van der Waals surface area (Å²) in [5.74, 6) is -0.138. The molecule has 140 valence electrons. The molecule has 0 saturated carbocycles. The second kappa shape index (κ2) is 7.32. The number of fused-ring (bicyclic) bond motifs is 1. The Balaban J connectivity index is 1.79. The van der Waals surface area contributed by atoms with Crippen molar-refractivity contribution >= 4 is 28.9 Å². The number of nitrogens with one attached hydrogen (secondary N) is 1. The summed E-state index contributed by atoms with van der Waals surface area (Å²) in [7, 11) is 0. The van der Waals surface area contributed by atoms with Gasteiger partial charge in [-0.3, -0.25) is 14.9 Å². The van der Waals surface area contributed by atoms with Crippen LogP contribution >= 0.6 is 11.6 Å². The van der Waals surface area contributed by atoms with E-state index < -0.39 is 11.1 Å². The summed E-state index contributed by atoms with van der Waals surface area (Å²) in [6.07, 6.45) is -0.557. The van der Waals surface area contributed by atoms with E-state index in [9.17, 15) is 14.9 Å². The van der Waals surface area contributed by atoms with Crippen molar-refractivity contribution in [3.63, 3.8) is 0 Å². The second-order valence-electron chi connectivity index (χ2n) is 6.48. The van der Waals surface area contributed by atoms with Crippen LogP contribution in [0, 0.1) is 10.1 Å². The van der Waals surface area contributed by atoms with Gasteiger partial charge in [0.05, 0.1) is 10.5 Å². The molecule has 0 aromatic heterocycles. The van der Waals surface area contributed by atoms with Gasteiger partial charge in [0.25, 0.3) is 11.6 Å². The molecule has 3 aromatic rings. The van der Waals surface area contributed by atoms with Crippen LogP contribution in [0.1, 0.15) is 27.7 Å². The summed E-state index contributed by atoms with van der Waals surface area (Å²) in [5.41, 5.74) is 2.63. The summed E-state index contributed by atoms with van der Waals surface area (Å²) >= 11 is 5.96. The third-order valence-electron chi connectivity index (χ3n) is 4.70. The smallest absolute Gasteiger partial charge is 0.288 e. The highest BCUT2D eigenvalue weighted by atomic mass is 35.5. The standard InChI is InChI=1S/C21H16ClN3O3/c22-17-11-10-15(12-19(17)25(27)28)20-23-18-9-5-4-8-16(18)21(26)24(20)13-14-6-2-1-3-7-14/h1-12,20,23H,13H2/t20-/m1/s1. The van der Waals surface area contributed by atoms with Crippen molar-refractivity contribution < 1.29 is 9.72 Å². The van der Waals surface area contributed by atoms with Gasteiger partial charge in [0.2, 0.25) is 0 Å². The fraction of sp³-hybridized carbons (Fsp3) is 0.0952. The Bertz CT molecular complexity index is 1060. The van der Waals surface area contributed by atoms with E-state index in [-0.39, 0.29) is 16.6 Å². The number of amides is 1. The number of rotatable bonds is 4. The molecule has 28 heavy (non-hydrogen) atoms. The van der Waals surface area contributed by atoms with E-state index in [4.69, 9.17) is 11.6 Å². The van der Waals surface area contributed by atoms with Crippen molar-refractivity contribution in [3.05, 3.63) is 105 Å². The molecule has 1 aliphatic rings. The third-order valence-corrected chi connectivity index (χ3v) is 5.02. The van der Waals surface area contributed by atoms with Gasteiger partial charge in [0.1, 0.15) is 11.2 Å². The molecule has 0 bridgehead atoms. The molecule has 1 amide bonds. The molecular weight excluding hydrogens is 378 g/mol. The van der Waals surface area contributed by atoms with Gasteiger partial charge in [-0.2, -0.15) is 0 Å². The maximum atomic E-state index is 13.2. The van der Waals surface area contributed by atoms with E-state index in [2.05, 4.69) is 5.32 Å². The maximum Gasteiger partial charge on any atom is 0.288 e. The fourth-order valence-electron chi connectivity index (χ4n) is 3.34. The van der Waals surface area contributed by atoms with Gasteiger partial charge in [-0.25, -0.2) is 0 Å². The monoisotopic (exact) mass is 393 g/mol. The lowest BCUT2D eigenvalue weighted by Crippen LogP contribution is -2.42. The highest BCUT2D eigenvalue weighted by Crippen LogP contribution is 2.36. The number of carbonyl (C=O) groups is 1. The summed E-state index contributed by atoms with van der Waals surface area (Å²) in [6, 6.07) is 21.5. The minimum Gasteiger partial charge on any atom is -0.361 e. The first kappa shape index (κ1) is 18.0. The molecule has 3 aromatic carbocycles. The molecule has 1 aliphatic heterocycles. The summed E-state index contributed by atoms with van der Waals surface area (Å²) < 4.78 is 0. The van der Waals surface area contributed by atoms with E-state index in [0.29, 0.717) is 23.4 Å². The number of nitrogens with zero attached hydrogens (tertiary/aromatic N) is 2. The normalized spacial score (nSPS) is 15.7. The van der Waals surface area contributed by atoms with Gasteiger partial charge in [0, 0.05) is 23.9 Å².